The zero-order valence-corrected chi connectivity index (χ0v) is 21.8. The molecule has 198 valence electrons. The summed E-state index contributed by atoms with van der Waals surface area (Å²) in [5.74, 6) is 1.28. The maximum absolute atomic E-state index is 15.7. The van der Waals surface area contributed by atoms with Crippen LogP contribution in [0.4, 0.5) is 21.8 Å². The van der Waals surface area contributed by atoms with Gasteiger partial charge in [-0.1, -0.05) is 0 Å². The molecule has 0 unspecified atom stereocenters. The summed E-state index contributed by atoms with van der Waals surface area (Å²) in [4.78, 5) is 41.9. The first-order valence-electron chi connectivity index (χ1n) is 13.3. The van der Waals surface area contributed by atoms with E-state index in [-0.39, 0.29) is 23.4 Å². The second-order valence-electron chi connectivity index (χ2n) is 11.1. The lowest BCUT2D eigenvalue weighted by Gasteiger charge is -2.39. The number of nitrogens with zero attached hydrogens (tertiary/aromatic N) is 5. The van der Waals surface area contributed by atoms with Crippen LogP contribution in [0.5, 0.6) is 5.75 Å². The van der Waals surface area contributed by atoms with Crippen LogP contribution in [0.1, 0.15) is 43.2 Å². The Labute approximate surface area is 216 Å². The number of likely N-dealkylation sites (tertiary alicyclic amines) is 1. The lowest BCUT2D eigenvalue weighted by Crippen LogP contribution is -2.49. The number of piperidine rings is 2. The second kappa shape index (κ2) is 9.01. The molecule has 1 aromatic heterocycles. The Hall–Kier alpha value is -3.14. The van der Waals surface area contributed by atoms with Crippen LogP contribution in [0.3, 0.4) is 0 Å². The van der Waals surface area contributed by atoms with E-state index >= 15 is 4.39 Å². The van der Waals surface area contributed by atoms with Gasteiger partial charge >= 0.3 is 0 Å². The van der Waals surface area contributed by atoms with Crippen molar-refractivity contribution in [1.82, 2.24) is 14.9 Å². The molecule has 1 spiro atoms. The Bertz CT molecular complexity index is 1280. The zero-order valence-electron chi connectivity index (χ0n) is 21.8. The molecule has 9 nitrogen and oxygen atoms in total. The summed E-state index contributed by atoms with van der Waals surface area (Å²) < 4.78 is 21.9. The van der Waals surface area contributed by atoms with Gasteiger partial charge in [0, 0.05) is 64.5 Å². The van der Waals surface area contributed by atoms with Gasteiger partial charge < -0.3 is 24.3 Å². The predicted molar refractivity (Wildman–Crippen MR) is 141 cm³/mol. The van der Waals surface area contributed by atoms with Crippen LogP contribution in [0.25, 0.3) is 0 Å². The smallest absolute Gasteiger partial charge is 0.257 e. The number of benzene rings is 1. The van der Waals surface area contributed by atoms with Crippen molar-refractivity contribution in [2.24, 2.45) is 0 Å². The highest BCUT2D eigenvalue weighted by Gasteiger charge is 2.53. The van der Waals surface area contributed by atoms with E-state index in [1.54, 1.807) is 11.9 Å². The van der Waals surface area contributed by atoms with Crippen molar-refractivity contribution in [1.29, 1.82) is 0 Å². The molecule has 2 aromatic rings. The van der Waals surface area contributed by atoms with Crippen LogP contribution in [0.15, 0.2) is 16.9 Å². The van der Waals surface area contributed by atoms with Gasteiger partial charge in [-0.25, -0.2) is 4.39 Å². The van der Waals surface area contributed by atoms with E-state index < -0.39 is 5.41 Å². The molecule has 0 saturated carbocycles. The molecule has 0 radical (unpaired) electrons. The quantitative estimate of drug-likeness (QED) is 0.678. The van der Waals surface area contributed by atoms with E-state index in [1.807, 2.05) is 22.9 Å². The van der Waals surface area contributed by atoms with Gasteiger partial charge in [0.25, 0.3) is 5.56 Å². The summed E-state index contributed by atoms with van der Waals surface area (Å²) in [6.45, 7) is 3.77. The number of carbonyl (C=O) groups is 1. The van der Waals surface area contributed by atoms with E-state index in [1.165, 1.54) is 6.07 Å². The summed E-state index contributed by atoms with van der Waals surface area (Å²) in [5, 5.41) is 0. The van der Waals surface area contributed by atoms with Crippen molar-refractivity contribution < 1.29 is 13.9 Å². The molecule has 0 aliphatic carbocycles. The first-order chi connectivity index (χ1) is 17.8. The third-order valence-electron chi connectivity index (χ3n) is 8.74. The van der Waals surface area contributed by atoms with Gasteiger partial charge in [0.2, 0.25) is 11.9 Å². The molecule has 1 N–H and O–H groups in total. The van der Waals surface area contributed by atoms with Gasteiger partial charge in [0.1, 0.15) is 23.5 Å². The van der Waals surface area contributed by atoms with Crippen LogP contribution in [0, 0.1) is 5.82 Å². The van der Waals surface area contributed by atoms with Crippen LogP contribution in [-0.4, -0.2) is 80.7 Å². The molecule has 6 rings (SSSR count). The normalized spacial score (nSPS) is 21.9. The van der Waals surface area contributed by atoms with Crippen molar-refractivity contribution in [2.45, 2.75) is 50.0 Å². The number of likely N-dealkylation sites (N-methyl/N-ethyl adjacent to an activating group) is 1. The third kappa shape index (κ3) is 3.96. The maximum atomic E-state index is 15.7. The minimum atomic E-state index is -0.915. The average Bonchev–Trinajstić information content (AvgIpc) is 3.08. The molecule has 1 aromatic carbocycles. The molecule has 0 atom stereocenters. The fraction of sp³-hybridized carbons (Fsp3) is 0.593. The number of nitrogens with one attached hydrogen (secondary N) is 1. The molecule has 37 heavy (non-hydrogen) atoms. The number of carbonyl (C=O) groups excluding carboxylic acids is 1. The lowest BCUT2D eigenvalue weighted by atomic mass is 9.73. The topological polar surface area (TPSA) is 85.0 Å². The molecular formula is C27H35FN6O3. The molecule has 1 amide bonds. The third-order valence-corrected chi connectivity index (χ3v) is 8.74. The Morgan fingerprint density at radius 1 is 1.05 bits per heavy atom. The van der Waals surface area contributed by atoms with Crippen LogP contribution >= 0.6 is 0 Å². The van der Waals surface area contributed by atoms with E-state index in [2.05, 4.69) is 16.9 Å². The lowest BCUT2D eigenvalue weighted by molar-refractivity contribution is -0.123. The SMILES string of the molecule is CN1CCC(Oc2cc(F)c3c(c2)N(C)C(=O)C32CCN(c3nc4c(c(=O)[nH]3)CCCN4C)CC2)CC1. The number of hydrogen-bond acceptors (Lipinski definition) is 7. The number of anilines is 3. The number of hydrogen-bond donors (Lipinski definition) is 1. The van der Waals surface area contributed by atoms with Crippen molar-refractivity contribution in [2.75, 3.05) is 68.6 Å². The fourth-order valence-corrected chi connectivity index (χ4v) is 6.54. The number of rotatable bonds is 3. The van der Waals surface area contributed by atoms with Gasteiger partial charge in [0.05, 0.1) is 16.7 Å². The standard InChI is InChI=1S/C27H35FN6O3/c1-31-11-6-17(7-12-31)37-18-15-20(28)22-21(16-18)33(3)25(36)27(22)8-13-34(14-9-27)26-29-23-19(24(35)30-26)5-4-10-32(23)2/h15-17H,4-14H2,1-3H3,(H,29,30,35). The van der Waals surface area contributed by atoms with Crippen LogP contribution in [0.2, 0.25) is 0 Å². The minimum Gasteiger partial charge on any atom is -0.490 e. The van der Waals surface area contributed by atoms with Crippen molar-refractivity contribution in [3.63, 3.8) is 0 Å². The first kappa shape index (κ1) is 24.2. The first-order valence-corrected chi connectivity index (χ1v) is 13.3. The van der Waals surface area contributed by atoms with Crippen molar-refractivity contribution in [3.8, 4) is 5.75 Å². The molecule has 10 heteroatoms. The number of H-pyrrole nitrogens is 1. The summed E-state index contributed by atoms with van der Waals surface area (Å²) in [7, 11) is 5.77. The van der Waals surface area contributed by atoms with E-state index in [0.717, 1.165) is 56.7 Å². The van der Waals surface area contributed by atoms with Gasteiger partial charge in [-0.3, -0.25) is 14.6 Å². The Balaban J connectivity index is 1.25. The number of fused-ring (bicyclic) bond motifs is 3. The van der Waals surface area contributed by atoms with Gasteiger partial charge in [-0.05, 0) is 45.6 Å². The Kier molecular flexibility index (Phi) is 5.89. The number of ether oxygens (including phenoxy) is 1. The molecule has 0 bridgehead atoms. The summed E-state index contributed by atoms with van der Waals surface area (Å²) in [6, 6.07) is 3.28. The zero-order chi connectivity index (χ0) is 25.9. The average molecular weight is 511 g/mol. The molecule has 5 heterocycles. The van der Waals surface area contributed by atoms with Gasteiger partial charge in [-0.2, -0.15) is 4.98 Å². The maximum Gasteiger partial charge on any atom is 0.257 e. The minimum absolute atomic E-state index is 0.0542. The Morgan fingerprint density at radius 3 is 2.51 bits per heavy atom. The fourth-order valence-electron chi connectivity index (χ4n) is 6.54. The second-order valence-corrected chi connectivity index (χ2v) is 11.1. The van der Waals surface area contributed by atoms with E-state index in [4.69, 9.17) is 9.72 Å². The number of halogens is 1. The van der Waals surface area contributed by atoms with Crippen molar-refractivity contribution in [3.05, 3.63) is 39.4 Å². The summed E-state index contributed by atoms with van der Waals surface area (Å²) in [6.07, 6.45) is 4.42. The van der Waals surface area contributed by atoms with Gasteiger partial charge in [0.15, 0.2) is 0 Å². The highest BCUT2D eigenvalue weighted by molar-refractivity contribution is 6.08. The number of amides is 1. The van der Waals surface area contributed by atoms with E-state index in [9.17, 15) is 9.59 Å². The summed E-state index contributed by atoms with van der Waals surface area (Å²) >= 11 is 0. The monoisotopic (exact) mass is 510 g/mol. The van der Waals surface area contributed by atoms with Crippen LogP contribution in [-0.2, 0) is 16.6 Å². The Morgan fingerprint density at radius 2 is 1.78 bits per heavy atom. The largest absolute Gasteiger partial charge is 0.490 e. The number of aromatic amines is 1. The van der Waals surface area contributed by atoms with E-state index in [0.29, 0.717) is 48.9 Å². The van der Waals surface area contributed by atoms with Gasteiger partial charge in [-0.15, -0.1) is 0 Å². The molecule has 4 aliphatic heterocycles. The van der Waals surface area contributed by atoms with Crippen LogP contribution < -0.4 is 25.0 Å². The number of aromatic nitrogens is 2. The highest BCUT2D eigenvalue weighted by atomic mass is 19.1. The summed E-state index contributed by atoms with van der Waals surface area (Å²) in [5.41, 5.74) is 0.789. The predicted octanol–water partition coefficient (Wildman–Crippen LogP) is 2.28. The van der Waals surface area contributed by atoms with Crippen molar-refractivity contribution >= 4 is 23.4 Å². The highest BCUT2D eigenvalue weighted by Crippen LogP contribution is 2.50. The molecular weight excluding hydrogens is 475 g/mol. The molecule has 4 aliphatic rings. The molecule has 2 saturated heterocycles. The molecule has 2 fully saturated rings.